The molecule has 0 aromatic heterocycles. The maximum absolute atomic E-state index is 12.3. The average molecular weight is 412 g/mol. The first-order valence-electron chi connectivity index (χ1n) is 10.9. The van der Waals surface area contributed by atoms with Gasteiger partial charge in [0.25, 0.3) is 5.69 Å². The summed E-state index contributed by atoms with van der Waals surface area (Å²) >= 11 is 0. The summed E-state index contributed by atoms with van der Waals surface area (Å²) in [6.45, 7) is 2.25. The predicted octanol–water partition coefficient (Wildman–Crippen LogP) is 6.85. The van der Waals surface area contributed by atoms with Crippen LogP contribution in [-0.4, -0.2) is 19.1 Å². The lowest BCUT2D eigenvalue weighted by atomic mass is 10.0. The molecule has 0 fully saturated rings. The molecule has 1 rings (SSSR count). The normalized spacial score (nSPS) is 11.6. The molecule has 0 aliphatic rings. The highest BCUT2D eigenvalue weighted by Gasteiger charge is 2.15. The Morgan fingerprint density at radius 1 is 0.714 bits per heavy atom. The molecule has 0 aliphatic heterocycles. The highest BCUT2D eigenvalue weighted by atomic mass is 32.2. The molecule has 0 radical (unpaired) electrons. The summed E-state index contributed by atoms with van der Waals surface area (Å²) in [6, 6.07) is 5.16. The zero-order valence-corrected chi connectivity index (χ0v) is 18.2. The minimum atomic E-state index is -3.34. The summed E-state index contributed by atoms with van der Waals surface area (Å²) in [6.07, 6.45) is 17.2. The topological polar surface area (TPSA) is 77.3 Å². The van der Waals surface area contributed by atoms with E-state index in [1.54, 1.807) is 0 Å². The molecule has 1 aromatic carbocycles. The first kappa shape index (κ1) is 24.6. The summed E-state index contributed by atoms with van der Waals surface area (Å²) in [5, 5.41) is 10.6. The standard InChI is InChI=1S/C22H37NO4S/c1-2-3-4-5-6-7-8-9-10-11-12-13-14-15-20-28(26,27)22-18-16-21(17-19-22)23(24)25/h16-19H,2-15,20H2,1H3. The van der Waals surface area contributed by atoms with E-state index >= 15 is 0 Å². The van der Waals surface area contributed by atoms with Gasteiger partial charge in [-0.2, -0.15) is 0 Å². The summed E-state index contributed by atoms with van der Waals surface area (Å²) in [7, 11) is -3.34. The fraction of sp³-hybridized carbons (Fsp3) is 0.727. The van der Waals surface area contributed by atoms with Gasteiger partial charge >= 0.3 is 0 Å². The number of benzene rings is 1. The summed E-state index contributed by atoms with van der Waals surface area (Å²) in [4.78, 5) is 10.3. The van der Waals surface area contributed by atoms with Crippen LogP contribution >= 0.6 is 0 Å². The van der Waals surface area contributed by atoms with Crippen molar-refractivity contribution in [3.05, 3.63) is 34.4 Å². The molecular weight excluding hydrogens is 374 g/mol. The molecule has 0 unspecified atom stereocenters. The van der Waals surface area contributed by atoms with Gasteiger partial charge in [-0.25, -0.2) is 8.42 Å². The van der Waals surface area contributed by atoms with Gasteiger partial charge in [0.15, 0.2) is 9.84 Å². The SMILES string of the molecule is CCCCCCCCCCCCCCCCS(=O)(=O)c1ccc([N+](=O)[O-])cc1. The molecule has 0 N–H and O–H groups in total. The Kier molecular flexibility index (Phi) is 12.8. The van der Waals surface area contributed by atoms with Crippen molar-refractivity contribution in [2.75, 3.05) is 5.75 Å². The van der Waals surface area contributed by atoms with Gasteiger partial charge in [-0.3, -0.25) is 10.1 Å². The van der Waals surface area contributed by atoms with E-state index in [1.807, 2.05) is 0 Å². The highest BCUT2D eigenvalue weighted by molar-refractivity contribution is 7.91. The molecule has 160 valence electrons. The third kappa shape index (κ3) is 10.8. The van der Waals surface area contributed by atoms with E-state index in [1.165, 1.54) is 94.9 Å². The number of nitrogens with zero attached hydrogens (tertiary/aromatic N) is 1. The van der Waals surface area contributed by atoms with Gasteiger partial charge in [0, 0.05) is 12.1 Å². The Morgan fingerprint density at radius 3 is 1.50 bits per heavy atom. The molecule has 0 spiro atoms. The van der Waals surface area contributed by atoms with Gasteiger partial charge in [-0.05, 0) is 18.6 Å². The maximum atomic E-state index is 12.3. The Balaban J connectivity index is 2.02. The van der Waals surface area contributed by atoms with Gasteiger partial charge in [0.05, 0.1) is 15.6 Å². The van der Waals surface area contributed by atoms with Crippen molar-refractivity contribution in [1.82, 2.24) is 0 Å². The minimum Gasteiger partial charge on any atom is -0.258 e. The molecule has 0 atom stereocenters. The van der Waals surface area contributed by atoms with E-state index in [0.29, 0.717) is 6.42 Å². The number of nitro groups is 1. The number of sulfone groups is 1. The van der Waals surface area contributed by atoms with E-state index in [2.05, 4.69) is 6.92 Å². The van der Waals surface area contributed by atoms with Crippen LogP contribution in [0.3, 0.4) is 0 Å². The Morgan fingerprint density at radius 2 is 1.11 bits per heavy atom. The van der Waals surface area contributed by atoms with Crippen molar-refractivity contribution in [1.29, 1.82) is 0 Å². The van der Waals surface area contributed by atoms with Crippen molar-refractivity contribution in [2.24, 2.45) is 0 Å². The molecule has 1 aromatic rings. The molecular formula is C22H37NO4S. The minimum absolute atomic E-state index is 0.0876. The van der Waals surface area contributed by atoms with Gasteiger partial charge < -0.3 is 0 Å². The molecule has 0 heterocycles. The second kappa shape index (κ2) is 14.6. The third-order valence-corrected chi connectivity index (χ3v) is 6.99. The molecule has 5 nitrogen and oxygen atoms in total. The molecule has 0 saturated carbocycles. The average Bonchev–Trinajstić information content (AvgIpc) is 2.68. The zero-order chi connectivity index (χ0) is 20.7. The Labute approximate surface area is 171 Å². The second-order valence-electron chi connectivity index (χ2n) is 7.67. The van der Waals surface area contributed by atoms with Crippen molar-refractivity contribution in [2.45, 2.75) is 102 Å². The largest absolute Gasteiger partial charge is 0.269 e. The number of hydrogen-bond acceptors (Lipinski definition) is 4. The fourth-order valence-electron chi connectivity index (χ4n) is 3.38. The smallest absolute Gasteiger partial charge is 0.258 e. The number of nitro benzene ring substituents is 1. The second-order valence-corrected chi connectivity index (χ2v) is 9.78. The van der Waals surface area contributed by atoms with Crippen molar-refractivity contribution < 1.29 is 13.3 Å². The highest BCUT2D eigenvalue weighted by Crippen LogP contribution is 2.19. The molecule has 0 bridgehead atoms. The number of unbranched alkanes of at least 4 members (excludes halogenated alkanes) is 13. The summed E-state index contributed by atoms with van der Waals surface area (Å²) in [5.41, 5.74) is -0.0876. The molecule has 6 heteroatoms. The Bertz CT molecular complexity index is 641. The molecule has 0 saturated heterocycles. The van der Waals surface area contributed by atoms with Crippen LogP contribution in [0.15, 0.2) is 29.2 Å². The van der Waals surface area contributed by atoms with E-state index in [-0.39, 0.29) is 16.3 Å². The first-order valence-corrected chi connectivity index (χ1v) is 12.6. The van der Waals surface area contributed by atoms with Gasteiger partial charge in [-0.1, -0.05) is 90.4 Å². The van der Waals surface area contributed by atoms with E-state index in [9.17, 15) is 18.5 Å². The van der Waals surface area contributed by atoms with Crippen LogP contribution in [0, 0.1) is 10.1 Å². The maximum Gasteiger partial charge on any atom is 0.269 e. The van der Waals surface area contributed by atoms with Crippen molar-refractivity contribution >= 4 is 15.5 Å². The lowest BCUT2D eigenvalue weighted by molar-refractivity contribution is -0.384. The number of non-ortho nitro benzene ring substituents is 1. The third-order valence-electron chi connectivity index (χ3n) is 5.17. The van der Waals surface area contributed by atoms with E-state index in [4.69, 9.17) is 0 Å². The van der Waals surface area contributed by atoms with Crippen LogP contribution < -0.4 is 0 Å². The van der Waals surface area contributed by atoms with Gasteiger partial charge in [0.1, 0.15) is 0 Å². The van der Waals surface area contributed by atoms with Crippen LogP contribution in [0.2, 0.25) is 0 Å². The lowest BCUT2D eigenvalue weighted by Crippen LogP contribution is -2.06. The number of rotatable bonds is 17. The summed E-state index contributed by atoms with van der Waals surface area (Å²) < 4.78 is 24.5. The van der Waals surface area contributed by atoms with E-state index in [0.717, 1.165) is 12.8 Å². The zero-order valence-electron chi connectivity index (χ0n) is 17.4. The first-order chi connectivity index (χ1) is 13.5. The summed E-state index contributed by atoms with van der Waals surface area (Å²) in [5.74, 6) is 0.114. The van der Waals surface area contributed by atoms with Crippen LogP contribution in [0.4, 0.5) is 5.69 Å². The van der Waals surface area contributed by atoms with Crippen LogP contribution in [0.25, 0.3) is 0 Å². The molecule has 0 amide bonds. The fourth-order valence-corrected chi connectivity index (χ4v) is 4.75. The number of hydrogen-bond donors (Lipinski definition) is 0. The van der Waals surface area contributed by atoms with Crippen LogP contribution in [0.1, 0.15) is 96.8 Å². The van der Waals surface area contributed by atoms with Crippen LogP contribution in [0.5, 0.6) is 0 Å². The quantitative estimate of drug-likeness (QED) is 0.159. The van der Waals surface area contributed by atoms with Crippen molar-refractivity contribution in [3.8, 4) is 0 Å². The monoisotopic (exact) mass is 411 g/mol. The molecule has 0 aliphatic carbocycles. The van der Waals surface area contributed by atoms with Crippen molar-refractivity contribution in [3.63, 3.8) is 0 Å². The van der Waals surface area contributed by atoms with E-state index < -0.39 is 14.8 Å². The Hall–Kier alpha value is -1.43. The van der Waals surface area contributed by atoms with Gasteiger partial charge in [0.2, 0.25) is 0 Å². The predicted molar refractivity (Wildman–Crippen MR) is 115 cm³/mol. The molecule has 28 heavy (non-hydrogen) atoms. The van der Waals surface area contributed by atoms with Gasteiger partial charge in [-0.15, -0.1) is 0 Å². The van der Waals surface area contributed by atoms with Crippen LogP contribution in [-0.2, 0) is 9.84 Å². The lowest BCUT2D eigenvalue weighted by Gasteiger charge is -2.05.